The monoisotopic (exact) mass is 306 g/mol. The lowest BCUT2D eigenvalue weighted by Gasteiger charge is -2.09. The zero-order valence-electron chi connectivity index (χ0n) is 11.8. The standard InChI is InChI=1S/C16H10N4O3/c21-14-10-5-1-3-7-12(10)17-9-19(14)20-15(22)11-6-2-4-8-13(11)18-16(20)23/h1-9H,(H,18,23). The van der Waals surface area contributed by atoms with Gasteiger partial charge in [0.1, 0.15) is 6.33 Å². The second-order valence-electron chi connectivity index (χ2n) is 5.00. The fraction of sp³-hybridized carbons (Fsp3) is 0. The lowest BCUT2D eigenvalue weighted by Crippen LogP contribution is -2.44. The second-order valence-corrected chi connectivity index (χ2v) is 5.00. The van der Waals surface area contributed by atoms with Crippen LogP contribution in [0.2, 0.25) is 0 Å². The molecule has 0 aliphatic carbocycles. The van der Waals surface area contributed by atoms with Gasteiger partial charge in [-0.25, -0.2) is 9.78 Å². The molecule has 2 aromatic carbocycles. The molecule has 2 aromatic heterocycles. The van der Waals surface area contributed by atoms with Crippen molar-refractivity contribution in [3.8, 4) is 0 Å². The van der Waals surface area contributed by atoms with Crippen molar-refractivity contribution in [3.05, 3.63) is 86.1 Å². The van der Waals surface area contributed by atoms with Crippen LogP contribution in [0.15, 0.2) is 69.2 Å². The Morgan fingerprint density at radius 3 is 2.35 bits per heavy atom. The third-order valence-corrected chi connectivity index (χ3v) is 3.65. The molecule has 7 nitrogen and oxygen atoms in total. The van der Waals surface area contributed by atoms with Crippen LogP contribution in [0.25, 0.3) is 21.8 Å². The molecule has 23 heavy (non-hydrogen) atoms. The number of hydrogen-bond donors (Lipinski definition) is 1. The van der Waals surface area contributed by atoms with Crippen molar-refractivity contribution in [3.63, 3.8) is 0 Å². The highest BCUT2D eigenvalue weighted by atomic mass is 16.2. The number of fused-ring (bicyclic) bond motifs is 2. The molecule has 0 aliphatic heterocycles. The molecule has 2 heterocycles. The fourth-order valence-electron chi connectivity index (χ4n) is 2.55. The van der Waals surface area contributed by atoms with E-state index in [9.17, 15) is 14.4 Å². The Hall–Kier alpha value is -3.48. The number of nitrogens with one attached hydrogen (secondary N) is 1. The van der Waals surface area contributed by atoms with Gasteiger partial charge in [-0.3, -0.25) is 9.59 Å². The molecule has 0 saturated heterocycles. The minimum atomic E-state index is -0.701. The Morgan fingerprint density at radius 1 is 0.826 bits per heavy atom. The van der Waals surface area contributed by atoms with Gasteiger partial charge in [0.2, 0.25) is 0 Å². The van der Waals surface area contributed by atoms with Crippen molar-refractivity contribution in [2.24, 2.45) is 0 Å². The zero-order chi connectivity index (χ0) is 16.0. The maximum absolute atomic E-state index is 12.6. The number of nitrogens with zero attached hydrogens (tertiary/aromatic N) is 3. The summed E-state index contributed by atoms with van der Waals surface area (Å²) < 4.78 is 1.68. The highest BCUT2D eigenvalue weighted by molar-refractivity contribution is 5.78. The van der Waals surface area contributed by atoms with Crippen LogP contribution in [0, 0.1) is 0 Å². The largest absolute Gasteiger partial charge is 0.348 e. The Labute approximate surface area is 128 Å². The molecule has 0 bridgehead atoms. The van der Waals surface area contributed by atoms with Crippen LogP contribution < -0.4 is 16.8 Å². The lowest BCUT2D eigenvalue weighted by atomic mass is 10.2. The molecule has 0 saturated carbocycles. The maximum atomic E-state index is 12.6. The van der Waals surface area contributed by atoms with Gasteiger partial charge in [-0.2, -0.15) is 9.35 Å². The average Bonchev–Trinajstić information content (AvgIpc) is 2.57. The van der Waals surface area contributed by atoms with E-state index in [-0.39, 0.29) is 0 Å². The van der Waals surface area contributed by atoms with Gasteiger partial charge < -0.3 is 4.98 Å². The molecule has 0 fully saturated rings. The number of aromatic nitrogens is 4. The predicted octanol–water partition coefficient (Wildman–Crippen LogP) is 0.711. The van der Waals surface area contributed by atoms with Crippen molar-refractivity contribution >= 4 is 21.8 Å². The molecule has 4 aromatic rings. The first-order valence-corrected chi connectivity index (χ1v) is 6.88. The van der Waals surface area contributed by atoms with E-state index >= 15 is 0 Å². The minimum Gasteiger partial charge on any atom is -0.305 e. The average molecular weight is 306 g/mol. The first-order chi connectivity index (χ1) is 11.2. The molecule has 0 aliphatic rings. The summed E-state index contributed by atoms with van der Waals surface area (Å²) in [5.41, 5.74) is -0.852. The summed E-state index contributed by atoms with van der Waals surface area (Å²) in [6.45, 7) is 0. The molecule has 0 spiro atoms. The first kappa shape index (κ1) is 13.2. The summed E-state index contributed by atoms with van der Waals surface area (Å²) in [6, 6.07) is 13.4. The van der Waals surface area contributed by atoms with Crippen LogP contribution in [0.4, 0.5) is 0 Å². The Kier molecular flexibility index (Phi) is 2.74. The number of H-pyrrole nitrogens is 1. The number of benzene rings is 2. The molecule has 7 heteroatoms. The van der Waals surface area contributed by atoms with Crippen LogP contribution in [0.5, 0.6) is 0 Å². The van der Waals surface area contributed by atoms with Crippen LogP contribution in [-0.2, 0) is 0 Å². The molecule has 0 radical (unpaired) electrons. The SMILES string of the molecule is O=c1c2ccccc2ncn1-n1c(=O)[nH]c2ccccc2c1=O. The molecule has 1 N–H and O–H groups in total. The Morgan fingerprint density at radius 2 is 1.52 bits per heavy atom. The molecule has 0 amide bonds. The fourth-order valence-corrected chi connectivity index (χ4v) is 2.55. The highest BCUT2D eigenvalue weighted by Crippen LogP contribution is 2.05. The van der Waals surface area contributed by atoms with Crippen LogP contribution >= 0.6 is 0 Å². The summed E-state index contributed by atoms with van der Waals surface area (Å²) in [7, 11) is 0. The van der Waals surface area contributed by atoms with E-state index in [0.717, 1.165) is 9.35 Å². The second kappa shape index (κ2) is 4.77. The summed E-state index contributed by atoms with van der Waals surface area (Å²) in [4.78, 5) is 44.2. The number of hydrogen-bond acceptors (Lipinski definition) is 4. The van der Waals surface area contributed by atoms with Crippen molar-refractivity contribution < 1.29 is 0 Å². The van der Waals surface area contributed by atoms with E-state index in [1.54, 1.807) is 48.5 Å². The maximum Gasteiger partial charge on any atom is 0.348 e. The van der Waals surface area contributed by atoms with E-state index in [1.807, 2.05) is 0 Å². The van der Waals surface area contributed by atoms with Gasteiger partial charge in [0.05, 0.1) is 21.8 Å². The van der Waals surface area contributed by atoms with Crippen LogP contribution in [0.1, 0.15) is 0 Å². The zero-order valence-corrected chi connectivity index (χ0v) is 11.8. The molecule has 112 valence electrons. The summed E-state index contributed by atoms with van der Waals surface area (Å²) in [6.07, 6.45) is 1.18. The topological polar surface area (TPSA) is 89.8 Å². The van der Waals surface area contributed by atoms with Crippen LogP contribution in [0.3, 0.4) is 0 Å². The third-order valence-electron chi connectivity index (χ3n) is 3.65. The van der Waals surface area contributed by atoms with Gasteiger partial charge in [-0.15, -0.1) is 0 Å². The summed E-state index contributed by atoms with van der Waals surface area (Å²) in [5.74, 6) is 0. The van der Waals surface area contributed by atoms with Crippen molar-refractivity contribution in [1.82, 2.24) is 19.3 Å². The van der Waals surface area contributed by atoms with Gasteiger partial charge in [-0.05, 0) is 24.3 Å². The van der Waals surface area contributed by atoms with Gasteiger partial charge in [-0.1, -0.05) is 24.3 Å². The van der Waals surface area contributed by atoms with E-state index < -0.39 is 16.8 Å². The van der Waals surface area contributed by atoms with Crippen molar-refractivity contribution in [2.75, 3.05) is 0 Å². The van der Waals surface area contributed by atoms with Crippen molar-refractivity contribution in [1.29, 1.82) is 0 Å². The first-order valence-electron chi connectivity index (χ1n) is 6.88. The summed E-state index contributed by atoms with van der Waals surface area (Å²) >= 11 is 0. The smallest absolute Gasteiger partial charge is 0.305 e. The third kappa shape index (κ3) is 1.90. The van der Waals surface area contributed by atoms with E-state index in [4.69, 9.17) is 0 Å². The lowest BCUT2D eigenvalue weighted by molar-refractivity contribution is 0.569. The van der Waals surface area contributed by atoms with E-state index in [1.165, 1.54) is 6.33 Å². The molecule has 0 unspecified atom stereocenters. The van der Waals surface area contributed by atoms with E-state index in [2.05, 4.69) is 9.97 Å². The van der Waals surface area contributed by atoms with Crippen LogP contribution in [-0.4, -0.2) is 19.3 Å². The normalized spacial score (nSPS) is 11.1. The highest BCUT2D eigenvalue weighted by Gasteiger charge is 2.12. The summed E-state index contributed by atoms with van der Waals surface area (Å²) in [5, 5.41) is 0.640. The van der Waals surface area contributed by atoms with Gasteiger partial charge in [0.15, 0.2) is 0 Å². The van der Waals surface area contributed by atoms with Gasteiger partial charge >= 0.3 is 5.69 Å². The molecule has 0 atom stereocenters. The number of rotatable bonds is 1. The Balaban J connectivity index is 2.15. The molecular formula is C16H10N4O3. The number of para-hydroxylation sites is 2. The van der Waals surface area contributed by atoms with E-state index in [0.29, 0.717) is 21.8 Å². The van der Waals surface area contributed by atoms with Crippen molar-refractivity contribution in [2.45, 2.75) is 0 Å². The molecular weight excluding hydrogens is 296 g/mol. The number of aromatic amines is 1. The Bertz CT molecular complexity index is 1230. The van der Waals surface area contributed by atoms with Gasteiger partial charge in [0, 0.05) is 0 Å². The molecule has 4 rings (SSSR count). The predicted molar refractivity (Wildman–Crippen MR) is 85.6 cm³/mol. The minimum absolute atomic E-state index is 0.312. The van der Waals surface area contributed by atoms with Gasteiger partial charge in [0.25, 0.3) is 11.1 Å². The quantitative estimate of drug-likeness (QED) is 0.561.